The predicted octanol–water partition coefficient (Wildman–Crippen LogP) is -2.59. The Morgan fingerprint density at radius 3 is 1.71 bits per heavy atom. The summed E-state index contributed by atoms with van der Waals surface area (Å²) in [4.78, 5) is 36.3. The van der Waals surface area contributed by atoms with Crippen molar-refractivity contribution in [2.45, 2.75) is 61.4 Å². The van der Waals surface area contributed by atoms with Crippen LogP contribution in [0.25, 0.3) is 22.3 Å². The summed E-state index contributed by atoms with van der Waals surface area (Å²) in [5, 5.41) is 100. The lowest BCUT2D eigenvalue weighted by Crippen LogP contribution is -2.61. The average molecular weight is 638 g/mol. The number of hydrogen-bond acceptors (Lipinski definition) is 16. The number of ether oxygens (including phenoxy) is 4. The third kappa shape index (κ3) is 5.83. The van der Waals surface area contributed by atoms with Gasteiger partial charge in [0.1, 0.15) is 59.1 Å². The molecule has 242 valence electrons. The fourth-order valence-corrected chi connectivity index (χ4v) is 4.77. The molecule has 0 saturated carbocycles. The Bertz CT molecular complexity index is 1650. The largest absolute Gasteiger partial charge is 0.508 e. The van der Waals surface area contributed by atoms with Gasteiger partial charge in [-0.3, -0.25) is 4.79 Å². The molecule has 10 N–H and O–H groups in total. The number of carbonyl (C=O) groups is 2. The Kier molecular flexibility index (Phi) is 8.58. The van der Waals surface area contributed by atoms with Gasteiger partial charge in [-0.2, -0.15) is 0 Å². The molecule has 45 heavy (non-hydrogen) atoms. The van der Waals surface area contributed by atoms with Crippen LogP contribution in [0.2, 0.25) is 0 Å². The molecule has 10 atom stereocenters. The molecule has 3 aromatic rings. The van der Waals surface area contributed by atoms with Gasteiger partial charge >= 0.3 is 11.9 Å². The molecule has 2 aliphatic rings. The normalized spacial score (nSPS) is 31.8. The van der Waals surface area contributed by atoms with Crippen molar-refractivity contribution >= 4 is 22.9 Å². The van der Waals surface area contributed by atoms with Gasteiger partial charge in [0.05, 0.1) is 0 Å². The van der Waals surface area contributed by atoms with Crippen molar-refractivity contribution in [2.24, 2.45) is 0 Å². The van der Waals surface area contributed by atoms with E-state index in [1.165, 1.54) is 24.3 Å². The lowest BCUT2D eigenvalue weighted by molar-refractivity contribution is -0.276. The number of aromatic hydroxyl groups is 2. The molecule has 0 bridgehead atoms. The number of aliphatic hydroxyl groups excluding tert-OH is 6. The summed E-state index contributed by atoms with van der Waals surface area (Å²) >= 11 is 0. The number of aliphatic carboxylic acids is 2. The number of fused-ring (bicyclic) bond motifs is 1. The zero-order chi connectivity index (χ0) is 32.9. The minimum absolute atomic E-state index is 0.0719. The summed E-state index contributed by atoms with van der Waals surface area (Å²) in [5.41, 5.74) is -0.988. The highest BCUT2D eigenvalue weighted by atomic mass is 16.7. The Hall–Kier alpha value is -4.53. The first-order valence-electron chi connectivity index (χ1n) is 13.0. The first-order chi connectivity index (χ1) is 21.2. The summed E-state index contributed by atoms with van der Waals surface area (Å²) in [5.74, 6) is -6.40. The molecule has 2 aromatic carbocycles. The highest BCUT2D eigenvalue weighted by Crippen LogP contribution is 2.45. The number of carboxylic acid groups (broad SMARTS) is 2. The van der Waals surface area contributed by atoms with E-state index >= 15 is 0 Å². The van der Waals surface area contributed by atoms with Crippen LogP contribution in [0.1, 0.15) is 0 Å². The second-order valence-corrected chi connectivity index (χ2v) is 10.2. The Labute approximate surface area is 249 Å². The van der Waals surface area contributed by atoms with Crippen molar-refractivity contribution in [3.63, 3.8) is 0 Å². The molecule has 18 nitrogen and oxygen atoms in total. The smallest absolute Gasteiger partial charge is 0.335 e. The van der Waals surface area contributed by atoms with Gasteiger partial charge in [-0.1, -0.05) is 0 Å². The van der Waals surface area contributed by atoms with Gasteiger partial charge < -0.3 is 74.4 Å². The molecule has 0 spiro atoms. The number of phenolic OH excluding ortho intramolecular Hbond substituents is 2. The minimum Gasteiger partial charge on any atom is -0.508 e. The number of phenols is 2. The van der Waals surface area contributed by atoms with E-state index in [0.717, 1.165) is 12.1 Å². The van der Waals surface area contributed by atoms with Gasteiger partial charge in [0.15, 0.2) is 29.1 Å². The number of benzene rings is 2. The zero-order valence-electron chi connectivity index (χ0n) is 22.5. The van der Waals surface area contributed by atoms with Crippen LogP contribution in [-0.2, 0) is 19.1 Å². The number of carboxylic acids is 2. The quantitative estimate of drug-likeness (QED) is 0.127. The molecule has 18 heteroatoms. The van der Waals surface area contributed by atoms with E-state index in [1.807, 2.05) is 0 Å². The van der Waals surface area contributed by atoms with Crippen molar-refractivity contribution in [1.82, 2.24) is 0 Å². The van der Waals surface area contributed by atoms with E-state index in [9.17, 15) is 65.4 Å². The first-order valence-corrected chi connectivity index (χ1v) is 13.0. The van der Waals surface area contributed by atoms with Crippen molar-refractivity contribution in [3.05, 3.63) is 46.6 Å². The third-order valence-electron chi connectivity index (χ3n) is 7.17. The third-order valence-corrected chi connectivity index (χ3v) is 7.17. The van der Waals surface area contributed by atoms with E-state index < -0.39 is 107 Å². The molecule has 0 aliphatic carbocycles. The Morgan fingerprint density at radius 1 is 0.689 bits per heavy atom. The lowest BCUT2D eigenvalue weighted by Gasteiger charge is -2.39. The van der Waals surface area contributed by atoms with E-state index in [2.05, 4.69) is 0 Å². The average Bonchev–Trinajstić information content (AvgIpc) is 2.98. The molecular formula is C27H26O18. The summed E-state index contributed by atoms with van der Waals surface area (Å²) in [6.07, 6.45) is -21.3. The van der Waals surface area contributed by atoms with Crippen LogP contribution >= 0.6 is 0 Å². The lowest BCUT2D eigenvalue weighted by atomic mass is 9.99. The van der Waals surface area contributed by atoms with Gasteiger partial charge in [0.25, 0.3) is 0 Å². The standard InChI is InChI=1S/C27H26O18/c28-8-3-1-7(2-4-8)10-5-9(29)13-11(41-10)6-12(42-26-19(35)15(31)17(33)22(44-26)24(37)38)21(14(13)30)43-27-20(36)16(32)18(34)23(45-27)25(39)40/h1-6,15-20,22-23,26-28,30-36H,(H,37,38)(H,39,40)/t15-,16-,17-,18-,19+,20+,22-,23-,26+,27+/m0/s1. The fraction of sp³-hybridized carbons (Fsp3) is 0.370. The van der Waals surface area contributed by atoms with Crippen LogP contribution < -0.4 is 14.9 Å². The summed E-state index contributed by atoms with van der Waals surface area (Å²) in [7, 11) is 0. The van der Waals surface area contributed by atoms with Crippen LogP contribution in [0.4, 0.5) is 0 Å². The van der Waals surface area contributed by atoms with Crippen molar-refractivity contribution in [1.29, 1.82) is 0 Å². The molecule has 2 aliphatic heterocycles. The van der Waals surface area contributed by atoms with E-state index in [0.29, 0.717) is 5.56 Å². The molecule has 5 rings (SSSR count). The van der Waals surface area contributed by atoms with Gasteiger partial charge in [-0.05, 0) is 24.3 Å². The molecular weight excluding hydrogens is 612 g/mol. The second-order valence-electron chi connectivity index (χ2n) is 10.2. The van der Waals surface area contributed by atoms with E-state index in [4.69, 9.17) is 23.4 Å². The summed E-state index contributed by atoms with van der Waals surface area (Å²) < 4.78 is 26.9. The summed E-state index contributed by atoms with van der Waals surface area (Å²) in [6, 6.07) is 7.27. The highest BCUT2D eigenvalue weighted by molar-refractivity contribution is 5.89. The molecule has 0 amide bonds. The number of aliphatic hydroxyl groups is 6. The topological polar surface area (TPSA) is 304 Å². The van der Waals surface area contributed by atoms with Crippen molar-refractivity contribution in [3.8, 4) is 34.3 Å². The number of hydrogen-bond donors (Lipinski definition) is 10. The van der Waals surface area contributed by atoms with E-state index in [1.54, 1.807) is 0 Å². The maximum Gasteiger partial charge on any atom is 0.335 e. The molecule has 1 aromatic heterocycles. The van der Waals surface area contributed by atoms with Gasteiger partial charge in [-0.15, -0.1) is 0 Å². The first kappa shape index (κ1) is 31.9. The van der Waals surface area contributed by atoms with Gasteiger partial charge in [0.2, 0.25) is 18.3 Å². The van der Waals surface area contributed by atoms with Crippen molar-refractivity contribution in [2.75, 3.05) is 0 Å². The Balaban J connectivity index is 1.63. The maximum atomic E-state index is 13.2. The summed E-state index contributed by atoms with van der Waals surface area (Å²) in [6.45, 7) is 0. The van der Waals surface area contributed by atoms with Crippen molar-refractivity contribution < 1.29 is 84.0 Å². The fourth-order valence-electron chi connectivity index (χ4n) is 4.77. The Morgan fingerprint density at radius 2 is 1.20 bits per heavy atom. The van der Waals surface area contributed by atoms with Gasteiger partial charge in [-0.25, -0.2) is 9.59 Å². The predicted molar refractivity (Wildman–Crippen MR) is 141 cm³/mol. The molecule has 2 saturated heterocycles. The highest BCUT2D eigenvalue weighted by Gasteiger charge is 2.50. The maximum absolute atomic E-state index is 13.2. The molecule has 2 fully saturated rings. The molecule has 3 heterocycles. The molecule has 0 unspecified atom stereocenters. The number of rotatable bonds is 7. The van der Waals surface area contributed by atoms with Crippen LogP contribution in [0.3, 0.4) is 0 Å². The van der Waals surface area contributed by atoms with Crippen LogP contribution in [0, 0.1) is 0 Å². The van der Waals surface area contributed by atoms with Crippen LogP contribution in [0.15, 0.2) is 45.6 Å². The van der Waals surface area contributed by atoms with E-state index in [-0.39, 0.29) is 11.5 Å². The second kappa shape index (κ2) is 12.1. The minimum atomic E-state index is -2.16. The molecule has 0 radical (unpaired) electrons. The SMILES string of the molecule is O=C(O)[C@H]1O[C@@H](Oc2cc3oc(-c4ccc(O)cc4)cc(=O)c3c(O)c2O[C@@H]2O[C@H](C(=O)O)[C@@H](O)[C@H](O)[C@H]2O)[C@H](O)[C@@H](O)[C@@H]1O. The van der Waals surface area contributed by atoms with Crippen LogP contribution in [-0.4, -0.2) is 124 Å². The van der Waals surface area contributed by atoms with Crippen LogP contribution in [0.5, 0.6) is 23.0 Å². The van der Waals surface area contributed by atoms with Gasteiger partial charge in [0, 0.05) is 17.7 Å². The monoisotopic (exact) mass is 638 g/mol. The zero-order valence-corrected chi connectivity index (χ0v) is 22.5.